The van der Waals surface area contributed by atoms with E-state index in [0.717, 1.165) is 21.8 Å². The fraction of sp³-hybridized carbons (Fsp3) is 0.0417. The average Bonchev–Trinajstić information content (AvgIpc) is 3.08. The number of amides is 2. The van der Waals surface area contributed by atoms with E-state index in [2.05, 4.69) is 15.9 Å². The lowest BCUT2D eigenvalue weighted by atomic mass is 10.2. The van der Waals surface area contributed by atoms with Crippen LogP contribution in [0.25, 0.3) is 6.08 Å². The number of nitro benzene ring substituents is 1. The van der Waals surface area contributed by atoms with E-state index in [4.69, 9.17) is 4.74 Å². The molecule has 0 radical (unpaired) electrons. The van der Waals surface area contributed by atoms with E-state index < -0.39 is 16.8 Å². The van der Waals surface area contributed by atoms with Crippen molar-refractivity contribution in [3.63, 3.8) is 0 Å². The molecule has 34 heavy (non-hydrogen) atoms. The van der Waals surface area contributed by atoms with Gasteiger partial charge in [-0.2, -0.15) is 0 Å². The third-order valence-corrected chi connectivity index (χ3v) is 6.24. The van der Waals surface area contributed by atoms with Crippen molar-refractivity contribution in [1.82, 2.24) is 4.90 Å². The number of ether oxygens (including phenoxy) is 1. The molecule has 0 unspecified atom stereocenters. The van der Waals surface area contributed by atoms with E-state index in [1.807, 2.05) is 24.3 Å². The number of esters is 1. The molecule has 4 rings (SSSR count). The number of rotatable bonds is 6. The topological polar surface area (TPSA) is 107 Å². The summed E-state index contributed by atoms with van der Waals surface area (Å²) in [5, 5.41) is 10.4. The lowest BCUT2D eigenvalue weighted by Gasteiger charge is -2.12. The molecular weight excluding hydrogens is 524 g/mol. The number of carbonyl (C=O) groups is 3. The van der Waals surface area contributed by atoms with E-state index in [9.17, 15) is 24.5 Å². The number of nitrogens with zero attached hydrogens (tertiary/aromatic N) is 2. The summed E-state index contributed by atoms with van der Waals surface area (Å²) in [5.41, 5.74) is 1.42. The van der Waals surface area contributed by atoms with E-state index in [1.165, 1.54) is 29.2 Å². The van der Waals surface area contributed by atoms with Crippen LogP contribution in [0.3, 0.4) is 0 Å². The largest absolute Gasteiger partial charge is 0.423 e. The van der Waals surface area contributed by atoms with Crippen molar-refractivity contribution in [3.8, 4) is 5.75 Å². The molecule has 8 nitrogen and oxygen atoms in total. The van der Waals surface area contributed by atoms with Gasteiger partial charge in [0.15, 0.2) is 0 Å². The predicted molar refractivity (Wildman–Crippen MR) is 130 cm³/mol. The van der Waals surface area contributed by atoms with Crippen molar-refractivity contribution < 1.29 is 24.0 Å². The quantitative estimate of drug-likeness (QED) is 0.128. The second-order valence-electron chi connectivity index (χ2n) is 7.16. The fourth-order valence-electron chi connectivity index (χ4n) is 3.11. The smallest absolute Gasteiger partial charge is 0.343 e. The number of non-ortho nitro benzene ring substituents is 1. The van der Waals surface area contributed by atoms with Crippen molar-refractivity contribution >= 4 is 56.6 Å². The Morgan fingerprint density at radius 1 is 1.06 bits per heavy atom. The molecular formula is C24H15BrN2O6S. The first kappa shape index (κ1) is 23.4. The molecule has 1 saturated heterocycles. The molecule has 0 bridgehead atoms. The van der Waals surface area contributed by atoms with E-state index in [-0.39, 0.29) is 33.7 Å². The molecule has 0 spiro atoms. The Morgan fingerprint density at radius 2 is 1.76 bits per heavy atom. The van der Waals surface area contributed by atoms with Crippen LogP contribution < -0.4 is 4.74 Å². The lowest BCUT2D eigenvalue weighted by Crippen LogP contribution is -2.27. The van der Waals surface area contributed by atoms with Crippen molar-refractivity contribution in [2.75, 3.05) is 0 Å². The Labute approximate surface area is 206 Å². The minimum absolute atomic E-state index is 0.132. The van der Waals surface area contributed by atoms with Crippen molar-refractivity contribution in [2.45, 2.75) is 6.54 Å². The molecule has 1 aliphatic heterocycles. The van der Waals surface area contributed by atoms with Gasteiger partial charge in [0.25, 0.3) is 16.8 Å². The van der Waals surface area contributed by atoms with Crippen molar-refractivity contribution in [2.24, 2.45) is 0 Å². The Balaban J connectivity index is 1.46. The van der Waals surface area contributed by atoms with Crippen LogP contribution in [0.5, 0.6) is 5.75 Å². The van der Waals surface area contributed by atoms with E-state index >= 15 is 0 Å². The zero-order chi connectivity index (χ0) is 24.2. The lowest BCUT2D eigenvalue weighted by molar-refractivity contribution is -0.384. The highest BCUT2D eigenvalue weighted by molar-refractivity contribution is 9.10. The number of imide groups is 1. The van der Waals surface area contributed by atoms with Gasteiger partial charge in [-0.15, -0.1) is 0 Å². The maximum Gasteiger partial charge on any atom is 0.343 e. The minimum atomic E-state index is -0.679. The van der Waals surface area contributed by atoms with E-state index in [1.54, 1.807) is 30.3 Å². The third kappa shape index (κ3) is 5.41. The molecule has 170 valence electrons. The Kier molecular flexibility index (Phi) is 6.90. The molecule has 0 aromatic heterocycles. The molecule has 0 aliphatic carbocycles. The van der Waals surface area contributed by atoms with Gasteiger partial charge in [-0.1, -0.05) is 40.2 Å². The Morgan fingerprint density at radius 3 is 2.44 bits per heavy atom. The van der Waals surface area contributed by atoms with Crippen LogP contribution in [0.2, 0.25) is 0 Å². The fourth-order valence-corrected chi connectivity index (χ4v) is 4.22. The zero-order valence-corrected chi connectivity index (χ0v) is 19.7. The van der Waals surface area contributed by atoms with Gasteiger partial charge in [-0.25, -0.2) is 4.79 Å². The molecule has 10 heteroatoms. The molecule has 1 aliphatic rings. The van der Waals surface area contributed by atoms with Gasteiger partial charge in [0.1, 0.15) is 5.75 Å². The first-order chi connectivity index (χ1) is 16.3. The zero-order valence-electron chi connectivity index (χ0n) is 17.3. The third-order valence-electron chi connectivity index (χ3n) is 4.81. The summed E-state index contributed by atoms with van der Waals surface area (Å²) in [7, 11) is 0. The molecule has 1 heterocycles. The number of carbonyl (C=O) groups excluding carboxylic acids is 3. The molecule has 0 saturated carbocycles. The van der Waals surface area contributed by atoms with E-state index in [0.29, 0.717) is 5.56 Å². The highest BCUT2D eigenvalue weighted by Gasteiger charge is 2.35. The SMILES string of the molecule is O=C(Oc1cccc(/C=C2\SC(=O)N(Cc3ccc(Br)cc3)C2=O)c1)c1ccc([N+](=O)[O-])cc1. The Bertz CT molecular complexity index is 1320. The highest BCUT2D eigenvalue weighted by atomic mass is 79.9. The first-order valence-electron chi connectivity index (χ1n) is 9.87. The van der Waals surface area contributed by atoms with Gasteiger partial charge >= 0.3 is 5.97 Å². The monoisotopic (exact) mass is 538 g/mol. The summed E-state index contributed by atoms with van der Waals surface area (Å²) in [4.78, 5) is 49.2. The van der Waals surface area contributed by atoms with Gasteiger partial charge in [0, 0.05) is 16.6 Å². The second-order valence-corrected chi connectivity index (χ2v) is 9.07. The van der Waals surface area contributed by atoms with Crippen LogP contribution in [0.4, 0.5) is 10.5 Å². The average molecular weight is 539 g/mol. The normalized spacial score (nSPS) is 14.5. The highest BCUT2D eigenvalue weighted by Crippen LogP contribution is 2.34. The van der Waals surface area contributed by atoms with Gasteiger partial charge in [0.05, 0.1) is 21.9 Å². The number of thioether (sulfide) groups is 1. The van der Waals surface area contributed by atoms with Gasteiger partial charge < -0.3 is 4.74 Å². The van der Waals surface area contributed by atoms with Gasteiger partial charge in [0.2, 0.25) is 0 Å². The maximum atomic E-state index is 12.8. The summed E-state index contributed by atoms with van der Waals surface area (Å²) in [5.74, 6) is -0.848. The summed E-state index contributed by atoms with van der Waals surface area (Å²) in [6.07, 6.45) is 1.57. The van der Waals surface area contributed by atoms with Gasteiger partial charge in [-0.05, 0) is 65.4 Å². The van der Waals surface area contributed by atoms with Crippen LogP contribution >= 0.6 is 27.7 Å². The molecule has 1 fully saturated rings. The van der Waals surface area contributed by atoms with Crippen LogP contribution in [0.15, 0.2) is 82.2 Å². The van der Waals surface area contributed by atoms with Crippen molar-refractivity contribution in [1.29, 1.82) is 0 Å². The number of nitro groups is 1. The Hall–Kier alpha value is -3.76. The molecule has 0 atom stereocenters. The molecule has 2 amide bonds. The summed E-state index contributed by atoms with van der Waals surface area (Å²) < 4.78 is 6.25. The minimum Gasteiger partial charge on any atom is -0.423 e. The van der Waals surface area contributed by atoms with Crippen molar-refractivity contribution in [3.05, 3.63) is 109 Å². The van der Waals surface area contributed by atoms with Gasteiger partial charge in [-0.3, -0.25) is 24.6 Å². The molecule has 0 N–H and O–H groups in total. The molecule has 3 aromatic rings. The number of halogens is 1. The van der Waals surface area contributed by atoms with Crippen LogP contribution in [-0.4, -0.2) is 26.9 Å². The number of hydrogen-bond donors (Lipinski definition) is 0. The summed E-state index contributed by atoms with van der Waals surface area (Å²) in [6.45, 7) is 0.169. The molecule has 3 aromatic carbocycles. The summed E-state index contributed by atoms with van der Waals surface area (Å²) in [6, 6.07) is 18.9. The second kappa shape index (κ2) is 10.0. The number of benzene rings is 3. The number of hydrogen-bond acceptors (Lipinski definition) is 7. The first-order valence-corrected chi connectivity index (χ1v) is 11.5. The standard InChI is InChI=1S/C24H15BrN2O6S/c25-18-8-4-15(5-9-18)14-26-22(28)21(34-24(26)30)13-16-2-1-3-20(12-16)33-23(29)17-6-10-19(11-7-17)27(31)32/h1-13H,14H2/b21-13-. The van der Waals surface area contributed by atoms with Crippen LogP contribution in [0.1, 0.15) is 21.5 Å². The van der Waals surface area contributed by atoms with Crippen LogP contribution in [0, 0.1) is 10.1 Å². The maximum absolute atomic E-state index is 12.8. The summed E-state index contributed by atoms with van der Waals surface area (Å²) >= 11 is 4.20. The predicted octanol–water partition coefficient (Wildman–Crippen LogP) is 5.81. The van der Waals surface area contributed by atoms with Crippen LogP contribution in [-0.2, 0) is 11.3 Å².